The van der Waals surface area contributed by atoms with Gasteiger partial charge in [0.05, 0.1) is 17.9 Å². The van der Waals surface area contributed by atoms with Crippen LogP contribution < -0.4 is 19.5 Å². The van der Waals surface area contributed by atoms with Gasteiger partial charge < -0.3 is 19.5 Å². The first-order valence-corrected chi connectivity index (χ1v) is 12.8. The maximum Gasteiger partial charge on any atom is 0.243 e. The molecule has 2 aliphatic rings. The Kier molecular flexibility index (Phi) is 6.36. The molecule has 0 aliphatic carbocycles. The highest BCUT2D eigenvalue weighted by atomic mass is 32.2. The number of rotatable bonds is 7. The van der Waals surface area contributed by atoms with E-state index in [0.717, 1.165) is 11.1 Å². The number of carbonyl (C=O) groups is 1. The van der Waals surface area contributed by atoms with E-state index in [-0.39, 0.29) is 43.1 Å². The Hall–Kier alpha value is -3.56. The number of fused-ring (bicyclic) bond motifs is 1. The van der Waals surface area contributed by atoms with Gasteiger partial charge in [-0.2, -0.15) is 4.31 Å². The highest BCUT2D eigenvalue weighted by Gasteiger charge is 2.44. The Labute approximate surface area is 204 Å². The fourth-order valence-electron chi connectivity index (χ4n) is 4.63. The molecule has 3 aromatic rings. The molecule has 0 saturated carbocycles. The summed E-state index contributed by atoms with van der Waals surface area (Å²) >= 11 is 0. The Balaban J connectivity index is 1.40. The highest BCUT2D eigenvalue weighted by Crippen LogP contribution is 2.40. The third-order valence-corrected chi connectivity index (χ3v) is 8.29. The predicted octanol–water partition coefficient (Wildman–Crippen LogP) is 3.14. The number of hydrogen-bond donors (Lipinski definition) is 1. The summed E-state index contributed by atoms with van der Waals surface area (Å²) in [5.41, 5.74) is 1.67. The molecule has 2 heterocycles. The number of methoxy groups -OCH3 is 1. The van der Waals surface area contributed by atoms with Crippen molar-refractivity contribution in [3.8, 4) is 17.2 Å². The summed E-state index contributed by atoms with van der Waals surface area (Å²) in [5.74, 6) is 0.785. The first kappa shape index (κ1) is 23.2. The van der Waals surface area contributed by atoms with Crippen LogP contribution in [-0.4, -0.2) is 45.6 Å². The standard InChI is InChI=1S/C26H26N2O6S/c1-32-23-10-6-5-9-20(23)21-15-28(35(30,31)19-7-3-2-4-8-19)16-22(21)26(29)27-14-18-11-12-24-25(13-18)34-17-33-24/h2-13,21-22H,14-17H2,1H3,(H,27,29)/t21-,22+/m0/s1. The van der Waals surface area contributed by atoms with Crippen LogP contribution in [0.4, 0.5) is 0 Å². The van der Waals surface area contributed by atoms with E-state index in [4.69, 9.17) is 14.2 Å². The van der Waals surface area contributed by atoms with Gasteiger partial charge in [-0.1, -0.05) is 42.5 Å². The van der Waals surface area contributed by atoms with E-state index in [1.807, 2.05) is 42.5 Å². The average molecular weight is 495 g/mol. The second-order valence-electron chi connectivity index (χ2n) is 8.50. The van der Waals surface area contributed by atoms with Gasteiger partial charge in [-0.15, -0.1) is 0 Å². The molecule has 1 amide bonds. The molecule has 0 bridgehead atoms. The Morgan fingerprint density at radius 3 is 2.54 bits per heavy atom. The molecule has 182 valence electrons. The molecule has 8 nitrogen and oxygen atoms in total. The minimum Gasteiger partial charge on any atom is -0.496 e. The first-order valence-electron chi connectivity index (χ1n) is 11.3. The van der Waals surface area contributed by atoms with E-state index in [2.05, 4.69) is 5.32 Å². The van der Waals surface area contributed by atoms with Gasteiger partial charge in [-0.25, -0.2) is 8.42 Å². The maximum atomic E-state index is 13.4. The molecule has 9 heteroatoms. The number of nitrogens with one attached hydrogen (secondary N) is 1. The van der Waals surface area contributed by atoms with Gasteiger partial charge in [0.2, 0.25) is 22.7 Å². The summed E-state index contributed by atoms with van der Waals surface area (Å²) in [6.07, 6.45) is 0. The molecule has 2 aliphatic heterocycles. The van der Waals surface area contributed by atoms with Crippen LogP contribution in [-0.2, 0) is 21.4 Å². The summed E-state index contributed by atoms with van der Waals surface area (Å²) in [6.45, 7) is 0.724. The quantitative estimate of drug-likeness (QED) is 0.542. The molecule has 1 fully saturated rings. The van der Waals surface area contributed by atoms with Crippen molar-refractivity contribution in [1.29, 1.82) is 0 Å². The fourth-order valence-corrected chi connectivity index (χ4v) is 6.14. The second kappa shape index (κ2) is 9.59. The molecule has 2 atom stereocenters. The molecular formula is C26H26N2O6S. The van der Waals surface area contributed by atoms with Crippen LogP contribution in [0.15, 0.2) is 77.7 Å². The minimum atomic E-state index is -3.76. The van der Waals surface area contributed by atoms with Crippen LogP contribution in [0.1, 0.15) is 17.0 Å². The third kappa shape index (κ3) is 4.56. The van der Waals surface area contributed by atoms with Crippen LogP contribution in [0.3, 0.4) is 0 Å². The average Bonchev–Trinajstić information content (AvgIpc) is 3.55. The van der Waals surface area contributed by atoms with Crippen molar-refractivity contribution in [1.82, 2.24) is 9.62 Å². The largest absolute Gasteiger partial charge is 0.496 e. The van der Waals surface area contributed by atoms with E-state index in [9.17, 15) is 13.2 Å². The van der Waals surface area contributed by atoms with Gasteiger partial charge in [-0.3, -0.25) is 4.79 Å². The molecule has 1 saturated heterocycles. The highest BCUT2D eigenvalue weighted by molar-refractivity contribution is 7.89. The lowest BCUT2D eigenvalue weighted by molar-refractivity contribution is -0.125. The number of hydrogen-bond acceptors (Lipinski definition) is 6. The minimum absolute atomic E-state index is 0.0763. The smallest absolute Gasteiger partial charge is 0.243 e. The topological polar surface area (TPSA) is 94.2 Å². The lowest BCUT2D eigenvalue weighted by atomic mass is 9.87. The molecule has 0 aromatic heterocycles. The fraction of sp³-hybridized carbons (Fsp3) is 0.269. The molecule has 3 aromatic carbocycles. The summed E-state index contributed by atoms with van der Waals surface area (Å²) in [7, 11) is -2.19. The maximum absolute atomic E-state index is 13.4. The number of carbonyl (C=O) groups excluding carboxylic acids is 1. The van der Waals surface area contributed by atoms with Crippen molar-refractivity contribution in [2.45, 2.75) is 17.4 Å². The normalized spacial score (nSPS) is 19.5. The van der Waals surface area contributed by atoms with Crippen LogP contribution in [0, 0.1) is 5.92 Å². The lowest BCUT2D eigenvalue weighted by Crippen LogP contribution is -2.35. The van der Waals surface area contributed by atoms with Crippen molar-refractivity contribution in [2.75, 3.05) is 27.0 Å². The molecule has 0 unspecified atom stereocenters. The zero-order valence-electron chi connectivity index (χ0n) is 19.2. The van der Waals surface area contributed by atoms with Crippen LogP contribution in [0.5, 0.6) is 17.2 Å². The Bertz CT molecular complexity index is 1330. The summed E-state index contributed by atoms with van der Waals surface area (Å²) in [4.78, 5) is 13.6. The van der Waals surface area contributed by atoms with Crippen molar-refractivity contribution in [2.24, 2.45) is 5.92 Å². The molecule has 5 rings (SSSR count). The number of nitrogens with zero attached hydrogens (tertiary/aromatic N) is 1. The lowest BCUT2D eigenvalue weighted by Gasteiger charge is -2.20. The second-order valence-corrected chi connectivity index (χ2v) is 10.4. The van der Waals surface area contributed by atoms with Crippen LogP contribution >= 0.6 is 0 Å². The third-order valence-electron chi connectivity index (χ3n) is 6.45. The first-order chi connectivity index (χ1) is 17.0. The van der Waals surface area contributed by atoms with E-state index in [1.54, 1.807) is 37.4 Å². The SMILES string of the molecule is COc1ccccc1[C@@H]1CN(S(=O)(=O)c2ccccc2)C[C@H]1C(=O)NCc1ccc2c(c1)OCO2. The zero-order chi connectivity index (χ0) is 24.4. The van der Waals surface area contributed by atoms with Gasteiger partial charge >= 0.3 is 0 Å². The van der Waals surface area contributed by atoms with Crippen molar-refractivity contribution < 1.29 is 27.4 Å². The summed E-state index contributed by atoms with van der Waals surface area (Å²) in [6, 6.07) is 21.2. The monoisotopic (exact) mass is 494 g/mol. The predicted molar refractivity (Wildman–Crippen MR) is 129 cm³/mol. The van der Waals surface area contributed by atoms with Crippen molar-refractivity contribution in [3.05, 3.63) is 83.9 Å². The van der Waals surface area contributed by atoms with Gasteiger partial charge in [0.1, 0.15) is 5.75 Å². The van der Waals surface area contributed by atoms with E-state index in [0.29, 0.717) is 17.2 Å². The van der Waals surface area contributed by atoms with Gasteiger partial charge in [0.25, 0.3) is 0 Å². The Morgan fingerprint density at radius 1 is 1.00 bits per heavy atom. The van der Waals surface area contributed by atoms with E-state index >= 15 is 0 Å². The van der Waals surface area contributed by atoms with Crippen LogP contribution in [0.25, 0.3) is 0 Å². The van der Waals surface area contributed by atoms with E-state index < -0.39 is 15.9 Å². The summed E-state index contributed by atoms with van der Waals surface area (Å²) < 4.78 is 44.4. The van der Waals surface area contributed by atoms with Gasteiger partial charge in [-0.05, 0) is 41.5 Å². The Morgan fingerprint density at radius 2 is 1.74 bits per heavy atom. The number of para-hydroxylation sites is 1. The molecule has 1 N–H and O–H groups in total. The number of amides is 1. The van der Waals surface area contributed by atoms with Gasteiger partial charge in [0.15, 0.2) is 11.5 Å². The van der Waals surface area contributed by atoms with Crippen molar-refractivity contribution >= 4 is 15.9 Å². The molecule has 0 radical (unpaired) electrons. The van der Waals surface area contributed by atoms with Crippen LogP contribution in [0.2, 0.25) is 0 Å². The number of sulfonamides is 1. The van der Waals surface area contributed by atoms with Crippen molar-refractivity contribution in [3.63, 3.8) is 0 Å². The van der Waals surface area contributed by atoms with Gasteiger partial charge in [0, 0.05) is 25.6 Å². The molecular weight excluding hydrogens is 468 g/mol. The zero-order valence-corrected chi connectivity index (χ0v) is 20.0. The molecule has 35 heavy (non-hydrogen) atoms. The van der Waals surface area contributed by atoms with E-state index in [1.165, 1.54) is 4.31 Å². The number of benzene rings is 3. The summed E-state index contributed by atoms with van der Waals surface area (Å²) in [5, 5.41) is 2.98. The number of ether oxygens (including phenoxy) is 3. The molecule has 0 spiro atoms.